The first-order chi connectivity index (χ1) is 12.9. The highest BCUT2D eigenvalue weighted by Gasteiger charge is 2.25. The van der Waals surface area contributed by atoms with Crippen molar-refractivity contribution in [2.24, 2.45) is 0 Å². The van der Waals surface area contributed by atoms with Crippen LogP contribution in [0.1, 0.15) is 33.6 Å². The number of nitrogens with zero attached hydrogens (tertiary/aromatic N) is 2. The molecule has 148 valence electrons. The molecule has 0 aliphatic carbocycles. The standard InChI is InChI=1S/C20H30N4O3/c1-14(11-23-10-6-9-19(23)25)21-20(26)22-17-7-4-5-8-18(17)24-12-15(2)27-16(3)13-24/h4-5,7-8,14-16H,6,9-13H2,1-3H3,(H2,21,22,26)/t14-,15-,16-/m1/s1. The lowest BCUT2D eigenvalue weighted by Crippen LogP contribution is -2.46. The van der Waals surface area contributed by atoms with Crippen LogP contribution in [0.2, 0.25) is 0 Å². The van der Waals surface area contributed by atoms with Crippen LogP contribution in [0, 0.1) is 0 Å². The fraction of sp³-hybridized carbons (Fsp3) is 0.600. The van der Waals surface area contributed by atoms with Gasteiger partial charge >= 0.3 is 6.03 Å². The van der Waals surface area contributed by atoms with Crippen LogP contribution in [0.15, 0.2) is 24.3 Å². The number of benzene rings is 1. The monoisotopic (exact) mass is 374 g/mol. The Morgan fingerprint density at radius 2 is 1.96 bits per heavy atom. The molecule has 0 aromatic heterocycles. The molecule has 0 unspecified atom stereocenters. The van der Waals surface area contributed by atoms with Crippen molar-refractivity contribution >= 4 is 23.3 Å². The summed E-state index contributed by atoms with van der Waals surface area (Å²) in [7, 11) is 0. The molecule has 3 amide bonds. The minimum atomic E-state index is -0.254. The third kappa shape index (κ3) is 5.13. The average molecular weight is 374 g/mol. The second kappa shape index (κ2) is 8.61. The molecule has 0 radical (unpaired) electrons. The van der Waals surface area contributed by atoms with Crippen LogP contribution < -0.4 is 15.5 Å². The summed E-state index contributed by atoms with van der Waals surface area (Å²) in [5.41, 5.74) is 1.78. The van der Waals surface area contributed by atoms with Gasteiger partial charge in [0, 0.05) is 38.6 Å². The quantitative estimate of drug-likeness (QED) is 0.830. The van der Waals surface area contributed by atoms with Crippen molar-refractivity contribution in [3.63, 3.8) is 0 Å². The van der Waals surface area contributed by atoms with E-state index in [0.29, 0.717) is 13.0 Å². The number of nitrogens with one attached hydrogen (secondary N) is 2. The van der Waals surface area contributed by atoms with Gasteiger partial charge in [0.15, 0.2) is 0 Å². The highest BCUT2D eigenvalue weighted by molar-refractivity contribution is 5.93. The number of para-hydroxylation sites is 2. The molecule has 1 aromatic carbocycles. The molecule has 2 heterocycles. The number of hydrogen-bond donors (Lipinski definition) is 2. The van der Waals surface area contributed by atoms with Gasteiger partial charge < -0.3 is 25.2 Å². The second-order valence-corrected chi connectivity index (χ2v) is 7.62. The summed E-state index contributed by atoms with van der Waals surface area (Å²) in [5.74, 6) is 0.171. The number of carbonyl (C=O) groups is 2. The highest BCUT2D eigenvalue weighted by atomic mass is 16.5. The first kappa shape index (κ1) is 19.5. The predicted octanol–water partition coefficient (Wildman–Crippen LogP) is 2.43. The molecule has 3 rings (SSSR count). The Bertz CT molecular complexity index is 671. The number of rotatable bonds is 5. The van der Waals surface area contributed by atoms with Crippen molar-refractivity contribution in [3.05, 3.63) is 24.3 Å². The molecule has 2 aliphatic heterocycles. The van der Waals surface area contributed by atoms with E-state index in [1.54, 1.807) is 0 Å². The van der Waals surface area contributed by atoms with Crippen LogP contribution in [-0.2, 0) is 9.53 Å². The van der Waals surface area contributed by atoms with Gasteiger partial charge in [-0.15, -0.1) is 0 Å². The lowest BCUT2D eigenvalue weighted by atomic mass is 10.1. The molecular weight excluding hydrogens is 344 g/mol. The van der Waals surface area contributed by atoms with E-state index in [2.05, 4.69) is 29.4 Å². The van der Waals surface area contributed by atoms with Crippen molar-refractivity contribution in [2.75, 3.05) is 36.4 Å². The summed E-state index contributed by atoms with van der Waals surface area (Å²) >= 11 is 0. The van der Waals surface area contributed by atoms with E-state index in [1.165, 1.54) is 0 Å². The predicted molar refractivity (Wildman–Crippen MR) is 106 cm³/mol. The maximum Gasteiger partial charge on any atom is 0.319 e. The Labute approximate surface area is 161 Å². The largest absolute Gasteiger partial charge is 0.372 e. The minimum Gasteiger partial charge on any atom is -0.372 e. The van der Waals surface area contributed by atoms with Gasteiger partial charge in [-0.2, -0.15) is 0 Å². The van der Waals surface area contributed by atoms with Gasteiger partial charge in [-0.05, 0) is 39.3 Å². The third-order valence-electron chi connectivity index (χ3n) is 4.96. The van der Waals surface area contributed by atoms with Crippen molar-refractivity contribution in [3.8, 4) is 0 Å². The number of urea groups is 1. The highest BCUT2D eigenvalue weighted by Crippen LogP contribution is 2.28. The number of morpholine rings is 1. The smallest absolute Gasteiger partial charge is 0.319 e. The number of likely N-dealkylation sites (tertiary alicyclic amines) is 1. The molecule has 2 aliphatic rings. The van der Waals surface area contributed by atoms with Crippen LogP contribution in [-0.4, -0.2) is 61.3 Å². The fourth-order valence-electron chi connectivity index (χ4n) is 3.89. The summed E-state index contributed by atoms with van der Waals surface area (Å²) in [6.07, 6.45) is 1.81. The molecule has 7 nitrogen and oxygen atoms in total. The first-order valence-electron chi connectivity index (χ1n) is 9.77. The maximum atomic E-state index is 12.5. The summed E-state index contributed by atoms with van der Waals surface area (Å²) < 4.78 is 5.81. The summed E-state index contributed by atoms with van der Waals surface area (Å²) in [6, 6.07) is 7.46. The average Bonchev–Trinajstić information content (AvgIpc) is 2.99. The van der Waals surface area contributed by atoms with Crippen molar-refractivity contribution in [1.29, 1.82) is 0 Å². The zero-order chi connectivity index (χ0) is 19.4. The summed E-state index contributed by atoms with van der Waals surface area (Å²) in [4.78, 5) is 28.3. The van der Waals surface area contributed by atoms with E-state index in [1.807, 2.05) is 36.1 Å². The third-order valence-corrected chi connectivity index (χ3v) is 4.96. The van der Waals surface area contributed by atoms with Crippen LogP contribution in [0.5, 0.6) is 0 Å². The fourth-order valence-corrected chi connectivity index (χ4v) is 3.89. The van der Waals surface area contributed by atoms with Gasteiger partial charge in [0.1, 0.15) is 0 Å². The van der Waals surface area contributed by atoms with E-state index in [4.69, 9.17) is 4.74 Å². The summed E-state index contributed by atoms with van der Waals surface area (Å²) in [5, 5.41) is 5.90. The van der Waals surface area contributed by atoms with E-state index in [9.17, 15) is 9.59 Å². The van der Waals surface area contributed by atoms with Crippen molar-refractivity contribution in [2.45, 2.75) is 51.9 Å². The van der Waals surface area contributed by atoms with Gasteiger partial charge in [0.25, 0.3) is 0 Å². The van der Waals surface area contributed by atoms with Crippen molar-refractivity contribution in [1.82, 2.24) is 10.2 Å². The number of hydrogen-bond acceptors (Lipinski definition) is 4. The lowest BCUT2D eigenvalue weighted by Gasteiger charge is -2.37. The molecule has 2 saturated heterocycles. The van der Waals surface area contributed by atoms with Gasteiger partial charge in [0.2, 0.25) is 5.91 Å². The minimum absolute atomic E-state index is 0.109. The molecule has 27 heavy (non-hydrogen) atoms. The second-order valence-electron chi connectivity index (χ2n) is 7.62. The molecule has 0 saturated carbocycles. The Hall–Kier alpha value is -2.28. The van der Waals surface area contributed by atoms with Crippen LogP contribution >= 0.6 is 0 Å². The van der Waals surface area contributed by atoms with Gasteiger partial charge in [0.05, 0.1) is 23.6 Å². The molecule has 2 fully saturated rings. The van der Waals surface area contributed by atoms with E-state index < -0.39 is 0 Å². The Morgan fingerprint density at radius 3 is 2.63 bits per heavy atom. The topological polar surface area (TPSA) is 73.9 Å². The van der Waals surface area contributed by atoms with Gasteiger partial charge in [-0.25, -0.2) is 4.79 Å². The molecule has 1 aromatic rings. The normalized spacial score (nSPS) is 24.0. The number of carbonyl (C=O) groups excluding carboxylic acids is 2. The number of ether oxygens (including phenoxy) is 1. The van der Waals surface area contributed by atoms with E-state index in [0.717, 1.165) is 37.4 Å². The van der Waals surface area contributed by atoms with Crippen LogP contribution in [0.25, 0.3) is 0 Å². The van der Waals surface area contributed by atoms with Crippen LogP contribution in [0.3, 0.4) is 0 Å². The Morgan fingerprint density at radius 1 is 1.26 bits per heavy atom. The lowest BCUT2D eigenvalue weighted by molar-refractivity contribution is -0.127. The molecular formula is C20H30N4O3. The maximum absolute atomic E-state index is 12.5. The van der Waals surface area contributed by atoms with Crippen LogP contribution in [0.4, 0.5) is 16.2 Å². The Balaban J connectivity index is 1.60. The van der Waals surface area contributed by atoms with E-state index >= 15 is 0 Å². The molecule has 0 bridgehead atoms. The van der Waals surface area contributed by atoms with Gasteiger partial charge in [-0.3, -0.25) is 4.79 Å². The molecule has 7 heteroatoms. The first-order valence-corrected chi connectivity index (χ1v) is 9.77. The Kier molecular flexibility index (Phi) is 6.21. The summed E-state index contributed by atoms with van der Waals surface area (Å²) in [6.45, 7) is 8.95. The number of anilines is 2. The zero-order valence-corrected chi connectivity index (χ0v) is 16.4. The molecule has 3 atom stereocenters. The molecule has 2 N–H and O–H groups in total. The van der Waals surface area contributed by atoms with E-state index in [-0.39, 0.29) is 30.2 Å². The van der Waals surface area contributed by atoms with Crippen molar-refractivity contribution < 1.29 is 14.3 Å². The zero-order valence-electron chi connectivity index (χ0n) is 16.4. The number of amides is 3. The van der Waals surface area contributed by atoms with Gasteiger partial charge in [-0.1, -0.05) is 12.1 Å². The molecule has 0 spiro atoms. The SMILES string of the molecule is C[C@H](CN1CCCC1=O)NC(=O)Nc1ccccc1N1C[C@@H](C)O[C@H](C)C1.